The highest BCUT2D eigenvalue weighted by Gasteiger charge is 2.47. The third kappa shape index (κ3) is 5.08. The minimum absolute atomic E-state index is 0.302. The quantitative estimate of drug-likeness (QED) is 0.509. The molecule has 0 unspecified atom stereocenters. The monoisotopic (exact) mass is 260 g/mol. The summed E-state index contributed by atoms with van der Waals surface area (Å²) in [7, 11) is -2.89. The summed E-state index contributed by atoms with van der Waals surface area (Å²) in [6.07, 6.45) is 8.83. The maximum absolute atomic E-state index is 10.7. The molecule has 1 aliphatic rings. The van der Waals surface area contributed by atoms with Gasteiger partial charge in [-0.25, -0.2) is 0 Å². The van der Waals surface area contributed by atoms with Gasteiger partial charge >= 0.3 is 8.80 Å². The molecule has 0 spiro atoms. The second kappa shape index (κ2) is 8.24. The molecule has 0 amide bonds. The van der Waals surface area contributed by atoms with E-state index >= 15 is 0 Å². The van der Waals surface area contributed by atoms with Crippen molar-refractivity contribution in [3.8, 4) is 0 Å². The number of unbranched alkanes of at least 4 members (excludes halogenated alkanes) is 2. The van der Waals surface area contributed by atoms with Gasteiger partial charge in [-0.1, -0.05) is 39.5 Å². The van der Waals surface area contributed by atoms with Gasteiger partial charge in [0.25, 0.3) is 0 Å². The fourth-order valence-electron chi connectivity index (χ4n) is 2.29. The van der Waals surface area contributed by atoms with Gasteiger partial charge in [-0.05, 0) is 25.7 Å². The standard InChI is InChI=1S/C13H28O3Si/c1-3-5-11-15-17(14,16-12-6-4-2)13-9-7-8-10-13/h13-14H,3-12H2,1-2H3. The van der Waals surface area contributed by atoms with E-state index in [9.17, 15) is 4.80 Å². The lowest BCUT2D eigenvalue weighted by Gasteiger charge is -2.29. The predicted molar refractivity (Wildman–Crippen MR) is 71.9 cm³/mol. The van der Waals surface area contributed by atoms with E-state index in [0.717, 1.165) is 38.5 Å². The van der Waals surface area contributed by atoms with E-state index in [2.05, 4.69) is 13.8 Å². The van der Waals surface area contributed by atoms with Crippen molar-refractivity contribution < 1.29 is 13.6 Å². The Kier molecular flexibility index (Phi) is 7.35. The lowest BCUT2D eigenvalue weighted by atomic mass is 10.4. The minimum Gasteiger partial charge on any atom is -0.390 e. The van der Waals surface area contributed by atoms with Crippen LogP contribution in [0.4, 0.5) is 0 Å². The van der Waals surface area contributed by atoms with E-state index < -0.39 is 8.80 Å². The van der Waals surface area contributed by atoms with Gasteiger partial charge in [-0.2, -0.15) is 0 Å². The molecule has 0 bridgehead atoms. The molecule has 4 heteroatoms. The minimum atomic E-state index is -2.89. The fraction of sp³-hybridized carbons (Fsp3) is 1.00. The molecular weight excluding hydrogens is 232 g/mol. The Morgan fingerprint density at radius 3 is 1.88 bits per heavy atom. The highest BCUT2D eigenvalue weighted by Crippen LogP contribution is 2.38. The van der Waals surface area contributed by atoms with Crippen LogP contribution < -0.4 is 0 Å². The van der Waals surface area contributed by atoms with Gasteiger partial charge in [-0.3, -0.25) is 0 Å². The van der Waals surface area contributed by atoms with Crippen LogP contribution in [0.15, 0.2) is 0 Å². The Morgan fingerprint density at radius 1 is 1.00 bits per heavy atom. The van der Waals surface area contributed by atoms with Crippen LogP contribution in [-0.4, -0.2) is 26.8 Å². The first kappa shape index (κ1) is 15.2. The van der Waals surface area contributed by atoms with Crippen molar-refractivity contribution in [2.24, 2.45) is 0 Å². The van der Waals surface area contributed by atoms with Crippen molar-refractivity contribution in [3.05, 3.63) is 0 Å². The van der Waals surface area contributed by atoms with Crippen molar-refractivity contribution >= 4 is 8.80 Å². The summed E-state index contributed by atoms with van der Waals surface area (Å²) in [5.74, 6) is 0. The molecule has 0 radical (unpaired) electrons. The van der Waals surface area contributed by atoms with Gasteiger partial charge in [0.1, 0.15) is 0 Å². The van der Waals surface area contributed by atoms with E-state index in [1.54, 1.807) is 0 Å². The lowest BCUT2D eigenvalue weighted by molar-refractivity contribution is 0.0842. The second-order valence-corrected chi connectivity index (χ2v) is 7.67. The van der Waals surface area contributed by atoms with Crippen LogP contribution in [0.1, 0.15) is 65.2 Å². The highest BCUT2D eigenvalue weighted by molar-refractivity contribution is 6.61. The third-order valence-electron chi connectivity index (χ3n) is 3.48. The Labute approximate surface area is 107 Å². The first-order chi connectivity index (χ1) is 8.23. The molecule has 0 heterocycles. The van der Waals surface area contributed by atoms with Gasteiger partial charge in [-0.15, -0.1) is 0 Å². The lowest BCUT2D eigenvalue weighted by Crippen LogP contribution is -2.47. The smallest absolute Gasteiger partial charge is 0.390 e. The molecule has 1 aliphatic carbocycles. The second-order valence-electron chi connectivity index (χ2n) is 5.02. The fourth-order valence-corrected chi connectivity index (χ4v) is 4.86. The van der Waals surface area contributed by atoms with Crippen LogP contribution in [0.2, 0.25) is 5.54 Å². The van der Waals surface area contributed by atoms with Gasteiger partial charge in [0.15, 0.2) is 0 Å². The summed E-state index contributed by atoms with van der Waals surface area (Å²) < 4.78 is 11.5. The van der Waals surface area contributed by atoms with Crippen molar-refractivity contribution in [2.45, 2.75) is 70.8 Å². The molecule has 102 valence electrons. The summed E-state index contributed by atoms with van der Waals surface area (Å²) in [4.78, 5) is 10.7. The molecule has 0 atom stereocenters. The molecule has 3 nitrogen and oxygen atoms in total. The van der Waals surface area contributed by atoms with Crippen LogP contribution in [0.5, 0.6) is 0 Å². The number of hydrogen-bond donors (Lipinski definition) is 1. The van der Waals surface area contributed by atoms with Crippen LogP contribution in [0.3, 0.4) is 0 Å². The summed E-state index contributed by atoms with van der Waals surface area (Å²) >= 11 is 0. The molecular formula is C13H28O3Si. The van der Waals surface area contributed by atoms with Crippen LogP contribution >= 0.6 is 0 Å². The van der Waals surface area contributed by atoms with E-state index in [-0.39, 0.29) is 0 Å². The Balaban J connectivity index is 2.42. The Morgan fingerprint density at radius 2 is 1.47 bits per heavy atom. The van der Waals surface area contributed by atoms with Crippen LogP contribution in [-0.2, 0) is 8.85 Å². The summed E-state index contributed by atoms with van der Waals surface area (Å²) in [6.45, 7) is 5.58. The summed E-state index contributed by atoms with van der Waals surface area (Å²) in [6, 6.07) is 0. The molecule has 0 aromatic rings. The normalized spacial score (nSPS) is 17.8. The predicted octanol–water partition coefficient (Wildman–Crippen LogP) is 3.50. The molecule has 0 aliphatic heterocycles. The molecule has 1 N–H and O–H groups in total. The highest BCUT2D eigenvalue weighted by atomic mass is 28.4. The van der Waals surface area contributed by atoms with Crippen LogP contribution in [0.25, 0.3) is 0 Å². The molecule has 17 heavy (non-hydrogen) atoms. The maximum atomic E-state index is 10.7. The van der Waals surface area contributed by atoms with Crippen molar-refractivity contribution in [1.82, 2.24) is 0 Å². The zero-order valence-corrected chi connectivity index (χ0v) is 12.4. The van der Waals surface area contributed by atoms with Crippen molar-refractivity contribution in [2.75, 3.05) is 13.2 Å². The van der Waals surface area contributed by atoms with E-state index in [1.807, 2.05) is 0 Å². The molecule has 0 aromatic heterocycles. The molecule has 0 aromatic carbocycles. The topological polar surface area (TPSA) is 38.7 Å². The van der Waals surface area contributed by atoms with E-state index in [4.69, 9.17) is 8.85 Å². The average Bonchev–Trinajstić information content (AvgIpc) is 2.84. The maximum Gasteiger partial charge on any atom is 0.501 e. The van der Waals surface area contributed by atoms with Gasteiger partial charge < -0.3 is 13.6 Å². The first-order valence-corrected chi connectivity index (χ1v) is 9.07. The van der Waals surface area contributed by atoms with Crippen molar-refractivity contribution in [3.63, 3.8) is 0 Å². The Bertz CT molecular complexity index is 183. The zero-order valence-electron chi connectivity index (χ0n) is 11.4. The van der Waals surface area contributed by atoms with Gasteiger partial charge in [0, 0.05) is 18.8 Å². The first-order valence-electron chi connectivity index (χ1n) is 7.23. The number of rotatable bonds is 9. The van der Waals surface area contributed by atoms with E-state index in [0.29, 0.717) is 18.8 Å². The molecule has 1 fully saturated rings. The Hall–Kier alpha value is 0.0969. The zero-order chi connectivity index (χ0) is 12.6. The molecule has 1 rings (SSSR count). The largest absolute Gasteiger partial charge is 0.501 e. The molecule has 0 saturated heterocycles. The summed E-state index contributed by atoms with van der Waals surface area (Å²) in [5.41, 5.74) is 0.302. The summed E-state index contributed by atoms with van der Waals surface area (Å²) in [5, 5.41) is 0. The van der Waals surface area contributed by atoms with Gasteiger partial charge in [0.2, 0.25) is 0 Å². The van der Waals surface area contributed by atoms with E-state index in [1.165, 1.54) is 12.8 Å². The van der Waals surface area contributed by atoms with Crippen molar-refractivity contribution in [1.29, 1.82) is 0 Å². The average molecular weight is 260 g/mol. The molecule has 1 saturated carbocycles. The van der Waals surface area contributed by atoms with Crippen LogP contribution in [0, 0.1) is 0 Å². The third-order valence-corrected chi connectivity index (χ3v) is 6.33. The van der Waals surface area contributed by atoms with Gasteiger partial charge in [0.05, 0.1) is 0 Å². The SMILES string of the molecule is CCCCO[Si](O)(OCCCC)C1CCCC1. The number of hydrogen-bond acceptors (Lipinski definition) is 3.